The molecule has 0 radical (unpaired) electrons. The molecule has 110 valence electrons. The lowest BCUT2D eigenvalue weighted by atomic mass is 9.85. The average molecular weight is 275 g/mol. The molecule has 4 unspecified atom stereocenters. The maximum absolute atomic E-state index is 10.7. The standard InChI is InChI=1S/C17H25NO2/c1-12-6-5-7-13(10-12)18(2)15-11-20-16-9-4-3-8-14(16)17(15)19/h3-4,8-9,12-13,15,17,19H,5-7,10-11H2,1-2H3. The lowest BCUT2D eigenvalue weighted by Crippen LogP contribution is -2.49. The average Bonchev–Trinajstić information content (AvgIpc) is 2.47. The fraction of sp³-hybridized carbons (Fsp3) is 0.647. The number of para-hydroxylation sites is 1. The van der Waals surface area contributed by atoms with Crippen LogP contribution in [-0.4, -0.2) is 35.7 Å². The first-order valence-electron chi connectivity index (χ1n) is 7.78. The molecule has 1 aromatic carbocycles. The number of ether oxygens (including phenoxy) is 1. The first-order chi connectivity index (χ1) is 9.66. The third-order valence-corrected chi connectivity index (χ3v) is 5.02. The van der Waals surface area contributed by atoms with Crippen LogP contribution in [0.5, 0.6) is 5.75 Å². The molecular formula is C17H25NO2. The summed E-state index contributed by atoms with van der Waals surface area (Å²) in [4.78, 5) is 2.36. The van der Waals surface area contributed by atoms with Gasteiger partial charge in [0.25, 0.3) is 0 Å². The number of aliphatic hydroxyl groups excluding tert-OH is 1. The van der Waals surface area contributed by atoms with Gasteiger partial charge in [-0.15, -0.1) is 0 Å². The molecule has 4 atom stereocenters. The topological polar surface area (TPSA) is 32.7 Å². The monoisotopic (exact) mass is 275 g/mol. The number of fused-ring (bicyclic) bond motifs is 1. The second kappa shape index (κ2) is 5.74. The van der Waals surface area contributed by atoms with Crippen LogP contribution in [0.1, 0.15) is 44.3 Å². The predicted octanol–water partition coefficient (Wildman–Crippen LogP) is 2.99. The number of rotatable bonds is 2. The van der Waals surface area contributed by atoms with Gasteiger partial charge in [-0.3, -0.25) is 4.90 Å². The molecule has 0 aromatic heterocycles. The van der Waals surface area contributed by atoms with Crippen molar-refractivity contribution in [3.05, 3.63) is 29.8 Å². The summed E-state index contributed by atoms with van der Waals surface area (Å²) in [5.41, 5.74) is 0.930. The summed E-state index contributed by atoms with van der Waals surface area (Å²) in [7, 11) is 2.15. The Kier molecular flexibility index (Phi) is 3.99. The minimum absolute atomic E-state index is 0.0696. The van der Waals surface area contributed by atoms with Crippen molar-refractivity contribution < 1.29 is 9.84 Å². The third kappa shape index (κ3) is 2.57. The summed E-state index contributed by atoms with van der Waals surface area (Å²) in [5, 5.41) is 10.7. The van der Waals surface area contributed by atoms with Gasteiger partial charge in [-0.2, -0.15) is 0 Å². The van der Waals surface area contributed by atoms with Crippen LogP contribution in [0.25, 0.3) is 0 Å². The van der Waals surface area contributed by atoms with Crippen LogP contribution < -0.4 is 4.74 Å². The van der Waals surface area contributed by atoms with E-state index in [1.54, 1.807) is 0 Å². The summed E-state index contributed by atoms with van der Waals surface area (Å²) in [5.74, 6) is 1.63. The van der Waals surface area contributed by atoms with Gasteiger partial charge in [0.15, 0.2) is 0 Å². The molecule has 1 heterocycles. The van der Waals surface area contributed by atoms with Gasteiger partial charge in [-0.05, 0) is 31.9 Å². The van der Waals surface area contributed by atoms with Crippen molar-refractivity contribution in [2.45, 2.75) is 50.8 Å². The Morgan fingerprint density at radius 2 is 2.05 bits per heavy atom. The molecule has 0 bridgehead atoms. The van der Waals surface area contributed by atoms with Gasteiger partial charge in [-0.1, -0.05) is 38.0 Å². The van der Waals surface area contributed by atoms with E-state index in [9.17, 15) is 5.11 Å². The lowest BCUT2D eigenvalue weighted by Gasteiger charge is -2.42. The van der Waals surface area contributed by atoms with Crippen molar-refractivity contribution >= 4 is 0 Å². The predicted molar refractivity (Wildman–Crippen MR) is 79.9 cm³/mol. The van der Waals surface area contributed by atoms with Crippen molar-refractivity contribution in [2.75, 3.05) is 13.7 Å². The molecule has 3 nitrogen and oxygen atoms in total. The Hall–Kier alpha value is -1.06. The molecule has 3 heteroatoms. The Morgan fingerprint density at radius 3 is 2.85 bits per heavy atom. The normalized spacial score (nSPS) is 33.6. The zero-order chi connectivity index (χ0) is 14.1. The number of aliphatic hydroxyl groups is 1. The van der Waals surface area contributed by atoms with Crippen molar-refractivity contribution in [2.24, 2.45) is 5.92 Å². The quantitative estimate of drug-likeness (QED) is 0.900. The van der Waals surface area contributed by atoms with E-state index in [2.05, 4.69) is 18.9 Å². The number of hydrogen-bond acceptors (Lipinski definition) is 3. The van der Waals surface area contributed by atoms with Gasteiger partial charge >= 0.3 is 0 Å². The first-order valence-corrected chi connectivity index (χ1v) is 7.78. The highest BCUT2D eigenvalue weighted by molar-refractivity contribution is 5.37. The second-order valence-corrected chi connectivity index (χ2v) is 6.45. The molecular weight excluding hydrogens is 250 g/mol. The largest absolute Gasteiger partial charge is 0.491 e. The highest BCUT2D eigenvalue weighted by Gasteiger charge is 2.35. The summed E-state index contributed by atoms with van der Waals surface area (Å²) in [6, 6.07) is 8.49. The molecule has 0 spiro atoms. The summed E-state index contributed by atoms with van der Waals surface area (Å²) >= 11 is 0. The van der Waals surface area contributed by atoms with Crippen molar-refractivity contribution in [3.63, 3.8) is 0 Å². The number of benzene rings is 1. The molecule has 1 fully saturated rings. The number of hydrogen-bond donors (Lipinski definition) is 1. The Morgan fingerprint density at radius 1 is 1.25 bits per heavy atom. The molecule has 1 aromatic rings. The molecule has 0 saturated heterocycles. The Balaban J connectivity index is 1.74. The van der Waals surface area contributed by atoms with E-state index in [1.807, 2.05) is 24.3 Å². The zero-order valence-electron chi connectivity index (χ0n) is 12.5. The molecule has 3 rings (SSSR count). The molecule has 1 N–H and O–H groups in total. The summed E-state index contributed by atoms with van der Waals surface area (Å²) in [6.07, 6.45) is 4.68. The van der Waals surface area contributed by atoms with E-state index in [0.717, 1.165) is 17.2 Å². The maximum atomic E-state index is 10.7. The van der Waals surface area contributed by atoms with Gasteiger partial charge in [-0.25, -0.2) is 0 Å². The Labute approximate surface area is 121 Å². The van der Waals surface area contributed by atoms with Crippen LogP contribution in [0, 0.1) is 5.92 Å². The Bertz CT molecular complexity index is 462. The highest BCUT2D eigenvalue weighted by atomic mass is 16.5. The second-order valence-electron chi connectivity index (χ2n) is 6.45. The molecule has 2 aliphatic rings. The van der Waals surface area contributed by atoms with Crippen LogP contribution in [-0.2, 0) is 0 Å². The van der Waals surface area contributed by atoms with E-state index in [4.69, 9.17) is 4.74 Å². The van der Waals surface area contributed by atoms with Gasteiger partial charge in [0.1, 0.15) is 18.5 Å². The van der Waals surface area contributed by atoms with Crippen molar-refractivity contribution in [3.8, 4) is 5.75 Å². The van der Waals surface area contributed by atoms with Gasteiger partial charge < -0.3 is 9.84 Å². The SMILES string of the molecule is CC1CCCC(N(C)C2COc3ccccc3C2O)C1. The van der Waals surface area contributed by atoms with Gasteiger partial charge in [0, 0.05) is 11.6 Å². The van der Waals surface area contributed by atoms with Crippen LogP contribution >= 0.6 is 0 Å². The molecule has 1 aliphatic heterocycles. The van der Waals surface area contributed by atoms with Gasteiger partial charge in [0.2, 0.25) is 0 Å². The highest BCUT2D eigenvalue weighted by Crippen LogP contribution is 2.36. The number of nitrogens with zero attached hydrogens (tertiary/aromatic N) is 1. The lowest BCUT2D eigenvalue weighted by molar-refractivity contribution is -0.0137. The fourth-order valence-electron chi connectivity index (χ4n) is 3.71. The molecule has 1 saturated carbocycles. The van der Waals surface area contributed by atoms with Crippen LogP contribution in [0.4, 0.5) is 0 Å². The van der Waals surface area contributed by atoms with Crippen molar-refractivity contribution in [1.29, 1.82) is 0 Å². The molecule has 0 amide bonds. The van der Waals surface area contributed by atoms with Crippen LogP contribution in [0.2, 0.25) is 0 Å². The summed E-state index contributed by atoms with van der Waals surface area (Å²) < 4.78 is 5.84. The molecule has 1 aliphatic carbocycles. The van der Waals surface area contributed by atoms with E-state index >= 15 is 0 Å². The minimum Gasteiger partial charge on any atom is -0.491 e. The third-order valence-electron chi connectivity index (χ3n) is 5.02. The van der Waals surface area contributed by atoms with Crippen LogP contribution in [0.15, 0.2) is 24.3 Å². The maximum Gasteiger partial charge on any atom is 0.125 e. The van der Waals surface area contributed by atoms with Crippen molar-refractivity contribution in [1.82, 2.24) is 4.90 Å². The fourth-order valence-corrected chi connectivity index (χ4v) is 3.71. The zero-order valence-corrected chi connectivity index (χ0v) is 12.5. The molecule has 20 heavy (non-hydrogen) atoms. The van der Waals surface area contributed by atoms with Crippen LogP contribution in [0.3, 0.4) is 0 Å². The number of likely N-dealkylation sites (N-methyl/N-ethyl adjacent to an activating group) is 1. The summed E-state index contributed by atoms with van der Waals surface area (Å²) in [6.45, 7) is 2.92. The van der Waals surface area contributed by atoms with E-state index < -0.39 is 6.10 Å². The smallest absolute Gasteiger partial charge is 0.125 e. The van der Waals surface area contributed by atoms with E-state index in [0.29, 0.717) is 12.6 Å². The first kappa shape index (κ1) is 13.9. The minimum atomic E-state index is -0.442. The van der Waals surface area contributed by atoms with E-state index in [-0.39, 0.29) is 6.04 Å². The van der Waals surface area contributed by atoms with Gasteiger partial charge in [0.05, 0.1) is 6.04 Å². The van der Waals surface area contributed by atoms with E-state index in [1.165, 1.54) is 25.7 Å².